The number of hydrogen-bond acceptors (Lipinski definition) is 2. The van der Waals surface area contributed by atoms with Gasteiger partial charge in [-0.2, -0.15) is 0 Å². The van der Waals surface area contributed by atoms with E-state index in [1.54, 1.807) is 0 Å². The molecule has 1 rings (SSSR count). The molecule has 0 radical (unpaired) electrons. The first-order valence-corrected chi connectivity index (χ1v) is 7.80. The molecule has 112 valence electrons. The predicted octanol–water partition coefficient (Wildman–Crippen LogP) is 4.72. The van der Waals surface area contributed by atoms with Crippen molar-refractivity contribution in [3.63, 3.8) is 0 Å². The summed E-state index contributed by atoms with van der Waals surface area (Å²) in [6.45, 7) is 9.03. The lowest BCUT2D eigenvalue weighted by Gasteiger charge is -2.13. The van der Waals surface area contributed by atoms with Gasteiger partial charge in [-0.15, -0.1) is 0 Å². The van der Waals surface area contributed by atoms with Crippen LogP contribution in [0, 0.1) is 5.92 Å². The maximum atomic E-state index is 11.9. The topological polar surface area (TPSA) is 26.3 Å². The van der Waals surface area contributed by atoms with Crippen molar-refractivity contribution in [1.29, 1.82) is 0 Å². The van der Waals surface area contributed by atoms with Crippen LogP contribution >= 0.6 is 0 Å². The molecule has 0 saturated heterocycles. The average molecular weight is 276 g/mol. The molecule has 1 aromatic carbocycles. The monoisotopic (exact) mass is 276 g/mol. The highest BCUT2D eigenvalue weighted by Gasteiger charge is 2.16. The zero-order valence-electron chi connectivity index (χ0n) is 13.3. The van der Waals surface area contributed by atoms with E-state index >= 15 is 0 Å². The second-order valence-corrected chi connectivity index (χ2v) is 5.94. The van der Waals surface area contributed by atoms with Gasteiger partial charge in [-0.25, -0.2) is 0 Å². The molecule has 0 aromatic heterocycles. The lowest BCUT2D eigenvalue weighted by Crippen LogP contribution is -2.14. The minimum atomic E-state index is -0.176. The Morgan fingerprint density at radius 3 is 2.30 bits per heavy atom. The van der Waals surface area contributed by atoms with Crippen LogP contribution in [0.1, 0.15) is 64.0 Å². The van der Waals surface area contributed by atoms with Crippen LogP contribution in [0.3, 0.4) is 0 Å². The zero-order chi connectivity index (χ0) is 15.0. The third kappa shape index (κ3) is 5.77. The Balaban J connectivity index is 2.49. The first kappa shape index (κ1) is 16.7. The van der Waals surface area contributed by atoms with Gasteiger partial charge in [-0.3, -0.25) is 4.79 Å². The van der Waals surface area contributed by atoms with E-state index in [1.165, 1.54) is 5.56 Å². The summed E-state index contributed by atoms with van der Waals surface area (Å²) in [6.07, 6.45) is 4.30. The highest BCUT2D eigenvalue weighted by atomic mass is 16.5. The van der Waals surface area contributed by atoms with Gasteiger partial charge in [0.2, 0.25) is 0 Å². The Bertz CT molecular complexity index is 392. The Labute approximate surface area is 123 Å². The van der Waals surface area contributed by atoms with Gasteiger partial charge in [0.15, 0.2) is 0 Å². The van der Waals surface area contributed by atoms with Crippen LogP contribution in [0.25, 0.3) is 0 Å². The van der Waals surface area contributed by atoms with Crippen LogP contribution in [-0.4, -0.2) is 12.6 Å². The summed E-state index contributed by atoms with van der Waals surface area (Å²) in [7, 11) is 0. The fourth-order valence-electron chi connectivity index (χ4n) is 2.20. The molecular formula is C18H28O2. The smallest absolute Gasteiger partial charge is 0.313 e. The van der Waals surface area contributed by atoms with E-state index in [0.29, 0.717) is 12.5 Å². The van der Waals surface area contributed by atoms with Crippen LogP contribution in [0.2, 0.25) is 0 Å². The van der Waals surface area contributed by atoms with Gasteiger partial charge in [0, 0.05) is 0 Å². The number of hydrogen-bond donors (Lipinski definition) is 0. The summed E-state index contributed by atoms with van der Waals surface area (Å²) in [5, 5.41) is 0. The molecule has 0 N–H and O–H groups in total. The lowest BCUT2D eigenvalue weighted by molar-refractivity contribution is -0.145. The summed E-state index contributed by atoms with van der Waals surface area (Å²) >= 11 is 0. The van der Waals surface area contributed by atoms with Gasteiger partial charge in [-0.05, 0) is 36.8 Å². The van der Waals surface area contributed by atoms with Crippen molar-refractivity contribution >= 4 is 5.97 Å². The largest absolute Gasteiger partial charge is 0.465 e. The van der Waals surface area contributed by atoms with E-state index < -0.39 is 0 Å². The summed E-state index contributed by atoms with van der Waals surface area (Å²) in [4.78, 5) is 11.9. The number of carbonyl (C=O) groups excluding carboxylic acids is 1. The molecule has 0 aliphatic carbocycles. The molecule has 2 heteroatoms. The van der Waals surface area contributed by atoms with E-state index in [1.807, 2.05) is 6.92 Å². The number of ether oxygens (including phenoxy) is 1. The van der Waals surface area contributed by atoms with Crippen molar-refractivity contribution in [3.8, 4) is 0 Å². The number of rotatable bonds is 8. The van der Waals surface area contributed by atoms with Crippen molar-refractivity contribution < 1.29 is 9.53 Å². The van der Waals surface area contributed by atoms with E-state index in [-0.39, 0.29) is 11.9 Å². The van der Waals surface area contributed by atoms with Crippen molar-refractivity contribution in [2.24, 2.45) is 5.92 Å². The Morgan fingerprint density at radius 2 is 1.75 bits per heavy atom. The predicted molar refractivity (Wildman–Crippen MR) is 83.9 cm³/mol. The number of esters is 1. The van der Waals surface area contributed by atoms with Gasteiger partial charge in [0.05, 0.1) is 12.5 Å². The normalized spacial score (nSPS) is 12.4. The quantitative estimate of drug-likeness (QED) is 0.507. The molecule has 0 spiro atoms. The molecular weight excluding hydrogens is 248 g/mol. The summed E-state index contributed by atoms with van der Waals surface area (Å²) in [5.74, 6) is 0.365. The van der Waals surface area contributed by atoms with Gasteiger partial charge in [-0.1, -0.05) is 57.9 Å². The highest BCUT2D eigenvalue weighted by molar-refractivity contribution is 5.77. The molecule has 1 aromatic rings. The fourth-order valence-corrected chi connectivity index (χ4v) is 2.20. The zero-order valence-corrected chi connectivity index (χ0v) is 13.3. The van der Waals surface area contributed by atoms with Crippen LogP contribution in [0.15, 0.2) is 24.3 Å². The molecule has 1 unspecified atom stereocenters. The second kappa shape index (κ2) is 8.78. The molecule has 2 nitrogen and oxygen atoms in total. The van der Waals surface area contributed by atoms with Gasteiger partial charge in [0.1, 0.15) is 0 Å². The van der Waals surface area contributed by atoms with Crippen molar-refractivity contribution in [3.05, 3.63) is 35.4 Å². The summed E-state index contributed by atoms with van der Waals surface area (Å²) in [5.41, 5.74) is 2.37. The molecule has 0 aliphatic rings. The summed E-state index contributed by atoms with van der Waals surface area (Å²) < 4.78 is 5.32. The highest BCUT2D eigenvalue weighted by Crippen LogP contribution is 2.19. The molecule has 0 aliphatic heterocycles. The summed E-state index contributed by atoms with van der Waals surface area (Å²) in [6, 6.07) is 8.34. The molecule has 1 atom stereocenters. The minimum Gasteiger partial charge on any atom is -0.465 e. The molecule has 0 heterocycles. The second-order valence-electron chi connectivity index (χ2n) is 5.94. The number of benzene rings is 1. The molecule has 0 fully saturated rings. The van der Waals surface area contributed by atoms with Crippen LogP contribution in [0.5, 0.6) is 0 Å². The number of unbranched alkanes of at least 4 members (excludes halogenated alkanes) is 2. The van der Waals surface area contributed by atoms with E-state index in [9.17, 15) is 4.79 Å². The van der Waals surface area contributed by atoms with Gasteiger partial charge in [0.25, 0.3) is 0 Å². The van der Waals surface area contributed by atoms with E-state index in [0.717, 1.165) is 31.2 Å². The van der Waals surface area contributed by atoms with E-state index in [2.05, 4.69) is 45.0 Å². The first-order valence-electron chi connectivity index (χ1n) is 7.80. The molecule has 20 heavy (non-hydrogen) atoms. The molecule has 0 amide bonds. The fraction of sp³-hybridized carbons (Fsp3) is 0.611. The van der Waals surface area contributed by atoms with E-state index in [4.69, 9.17) is 4.74 Å². The Morgan fingerprint density at radius 1 is 1.10 bits per heavy atom. The molecule has 0 saturated carbocycles. The third-order valence-electron chi connectivity index (χ3n) is 3.47. The van der Waals surface area contributed by atoms with Crippen molar-refractivity contribution in [2.45, 2.75) is 59.3 Å². The van der Waals surface area contributed by atoms with Crippen LogP contribution in [-0.2, 0) is 16.0 Å². The maximum absolute atomic E-state index is 11.9. The van der Waals surface area contributed by atoms with Crippen LogP contribution < -0.4 is 0 Å². The van der Waals surface area contributed by atoms with Crippen LogP contribution in [0.4, 0.5) is 0 Å². The first-order chi connectivity index (χ1) is 9.54. The standard InChI is InChI=1S/C18H28O2/c1-5-6-7-12-20-18(19)15(4)17-10-8-16(9-11-17)13-14(2)3/h8-11,14-15H,5-7,12-13H2,1-4H3. The third-order valence-corrected chi connectivity index (χ3v) is 3.47. The lowest BCUT2D eigenvalue weighted by atomic mass is 9.97. The van der Waals surface area contributed by atoms with Gasteiger partial charge >= 0.3 is 5.97 Å². The van der Waals surface area contributed by atoms with Crippen molar-refractivity contribution in [2.75, 3.05) is 6.61 Å². The Kier molecular flexibility index (Phi) is 7.35. The number of carbonyl (C=O) groups is 1. The van der Waals surface area contributed by atoms with Gasteiger partial charge < -0.3 is 4.74 Å². The SMILES string of the molecule is CCCCCOC(=O)C(C)c1ccc(CC(C)C)cc1. The minimum absolute atomic E-state index is 0.113. The Hall–Kier alpha value is -1.31. The van der Waals surface area contributed by atoms with Crippen molar-refractivity contribution in [1.82, 2.24) is 0 Å². The maximum Gasteiger partial charge on any atom is 0.313 e. The molecule has 0 bridgehead atoms. The average Bonchev–Trinajstić information content (AvgIpc) is 2.43.